The van der Waals surface area contributed by atoms with Gasteiger partial charge < -0.3 is 15.6 Å². The minimum Gasteiger partial charge on any atom is -0.386 e. The Balaban J connectivity index is 2.33. The summed E-state index contributed by atoms with van der Waals surface area (Å²) in [4.78, 5) is 0. The van der Waals surface area contributed by atoms with Crippen LogP contribution >= 0.6 is 0 Å². The molecule has 0 aromatic carbocycles. The Labute approximate surface area is 80.3 Å². The molecule has 0 amide bonds. The smallest absolute Gasteiger partial charge is 0.103 e. The van der Waals surface area contributed by atoms with E-state index in [1.807, 2.05) is 0 Å². The van der Waals surface area contributed by atoms with Crippen LogP contribution < -0.4 is 5.73 Å². The van der Waals surface area contributed by atoms with Crippen molar-refractivity contribution in [1.29, 1.82) is 0 Å². The van der Waals surface area contributed by atoms with Crippen LogP contribution in [-0.4, -0.2) is 30.0 Å². The summed E-state index contributed by atoms with van der Waals surface area (Å²) in [5.74, 6) is 0. The van der Waals surface area contributed by atoms with Crippen LogP contribution in [0.5, 0.6) is 0 Å². The molecule has 1 rings (SSSR count). The van der Waals surface area contributed by atoms with Crippen molar-refractivity contribution in [3.8, 4) is 0 Å². The van der Waals surface area contributed by atoms with Crippen LogP contribution in [-0.2, 0) is 4.74 Å². The summed E-state index contributed by atoms with van der Waals surface area (Å²) in [6.07, 6.45) is 4.91. The molecule has 0 aromatic rings. The van der Waals surface area contributed by atoms with E-state index in [1.165, 1.54) is 0 Å². The highest BCUT2D eigenvalue weighted by molar-refractivity contribution is 4.92. The van der Waals surface area contributed by atoms with Gasteiger partial charge in [0.1, 0.15) is 5.60 Å². The number of hydrogen-bond acceptors (Lipinski definition) is 3. The van der Waals surface area contributed by atoms with Gasteiger partial charge in [-0.05, 0) is 19.3 Å². The predicted molar refractivity (Wildman–Crippen MR) is 52.5 cm³/mol. The Hall–Kier alpha value is -0.120. The number of ether oxygens (including phenoxy) is 1. The van der Waals surface area contributed by atoms with Gasteiger partial charge in [0.2, 0.25) is 0 Å². The van der Waals surface area contributed by atoms with Crippen molar-refractivity contribution in [3.63, 3.8) is 0 Å². The van der Waals surface area contributed by atoms with Crippen molar-refractivity contribution >= 4 is 0 Å². The van der Waals surface area contributed by atoms with Crippen molar-refractivity contribution < 1.29 is 9.84 Å². The highest BCUT2D eigenvalue weighted by Crippen LogP contribution is 2.27. The van der Waals surface area contributed by atoms with Crippen LogP contribution in [0.3, 0.4) is 0 Å². The Kier molecular flexibility index (Phi) is 4.16. The second-order valence-corrected chi connectivity index (χ2v) is 4.01. The fourth-order valence-corrected chi connectivity index (χ4v) is 1.82. The van der Waals surface area contributed by atoms with E-state index in [9.17, 15) is 5.11 Å². The molecule has 2 unspecified atom stereocenters. The third kappa shape index (κ3) is 2.93. The van der Waals surface area contributed by atoms with Crippen molar-refractivity contribution in [2.45, 2.75) is 50.7 Å². The summed E-state index contributed by atoms with van der Waals surface area (Å²) in [6, 6.07) is -0.0990. The highest BCUT2D eigenvalue weighted by atomic mass is 16.5. The maximum absolute atomic E-state index is 10.1. The SMILES string of the molecule is CCCOCC1(O)CCCCC1N. The molecule has 2 atom stereocenters. The first-order valence-electron chi connectivity index (χ1n) is 5.25. The topological polar surface area (TPSA) is 55.5 Å². The first-order valence-corrected chi connectivity index (χ1v) is 5.25. The predicted octanol–water partition coefficient (Wildman–Crippen LogP) is 1.05. The molecule has 1 aliphatic rings. The van der Waals surface area contributed by atoms with Gasteiger partial charge in [-0.25, -0.2) is 0 Å². The van der Waals surface area contributed by atoms with Gasteiger partial charge in [-0.2, -0.15) is 0 Å². The van der Waals surface area contributed by atoms with Crippen LogP contribution in [0, 0.1) is 0 Å². The maximum Gasteiger partial charge on any atom is 0.103 e. The maximum atomic E-state index is 10.1. The van der Waals surface area contributed by atoms with Crippen LogP contribution in [0.25, 0.3) is 0 Å². The standard InChI is InChI=1S/C10H21NO2/c1-2-7-13-8-10(12)6-4-3-5-9(10)11/h9,12H,2-8,11H2,1H3. The van der Waals surface area contributed by atoms with E-state index in [0.717, 1.165) is 38.7 Å². The monoisotopic (exact) mass is 187 g/mol. The van der Waals surface area contributed by atoms with Crippen molar-refractivity contribution in [2.75, 3.05) is 13.2 Å². The van der Waals surface area contributed by atoms with Crippen molar-refractivity contribution in [3.05, 3.63) is 0 Å². The summed E-state index contributed by atoms with van der Waals surface area (Å²) in [5, 5.41) is 10.1. The highest BCUT2D eigenvalue weighted by Gasteiger charge is 2.36. The van der Waals surface area contributed by atoms with Gasteiger partial charge in [0.05, 0.1) is 6.61 Å². The molecular formula is C10H21NO2. The zero-order valence-electron chi connectivity index (χ0n) is 8.46. The first kappa shape index (κ1) is 11.0. The van der Waals surface area contributed by atoms with Gasteiger partial charge >= 0.3 is 0 Å². The van der Waals surface area contributed by atoms with Gasteiger partial charge in [-0.3, -0.25) is 0 Å². The van der Waals surface area contributed by atoms with Crippen LogP contribution in [0.4, 0.5) is 0 Å². The summed E-state index contributed by atoms with van der Waals surface area (Å²) < 4.78 is 5.37. The molecule has 1 aliphatic carbocycles. The molecule has 1 saturated carbocycles. The van der Waals surface area contributed by atoms with E-state index in [2.05, 4.69) is 6.92 Å². The van der Waals surface area contributed by atoms with Gasteiger partial charge in [-0.15, -0.1) is 0 Å². The lowest BCUT2D eigenvalue weighted by Crippen LogP contribution is -2.53. The molecule has 0 saturated heterocycles. The third-order valence-corrected chi connectivity index (χ3v) is 2.77. The molecule has 0 bridgehead atoms. The van der Waals surface area contributed by atoms with E-state index in [1.54, 1.807) is 0 Å². The van der Waals surface area contributed by atoms with Gasteiger partial charge in [0, 0.05) is 12.6 Å². The molecule has 0 radical (unpaired) electrons. The van der Waals surface area contributed by atoms with Gasteiger partial charge in [-0.1, -0.05) is 19.8 Å². The fourth-order valence-electron chi connectivity index (χ4n) is 1.82. The lowest BCUT2D eigenvalue weighted by atomic mass is 9.81. The Bertz CT molecular complexity index is 152. The molecule has 3 nitrogen and oxygen atoms in total. The molecule has 0 aromatic heterocycles. The summed E-state index contributed by atoms with van der Waals surface area (Å²) in [5.41, 5.74) is 5.11. The lowest BCUT2D eigenvalue weighted by Gasteiger charge is -2.37. The molecule has 78 valence electrons. The van der Waals surface area contributed by atoms with E-state index in [0.29, 0.717) is 6.61 Å². The Morgan fingerprint density at radius 3 is 2.92 bits per heavy atom. The average Bonchev–Trinajstić information content (AvgIpc) is 2.11. The van der Waals surface area contributed by atoms with Gasteiger partial charge in [0.15, 0.2) is 0 Å². The molecule has 3 N–H and O–H groups in total. The van der Waals surface area contributed by atoms with Gasteiger partial charge in [0.25, 0.3) is 0 Å². The Morgan fingerprint density at radius 1 is 1.54 bits per heavy atom. The number of hydrogen-bond donors (Lipinski definition) is 2. The van der Waals surface area contributed by atoms with E-state index < -0.39 is 5.60 Å². The lowest BCUT2D eigenvalue weighted by molar-refractivity contribution is -0.0801. The molecule has 1 fully saturated rings. The molecule has 3 heteroatoms. The first-order chi connectivity index (χ1) is 6.19. The van der Waals surface area contributed by atoms with Crippen LogP contribution in [0.2, 0.25) is 0 Å². The number of nitrogens with two attached hydrogens (primary N) is 1. The molecule has 13 heavy (non-hydrogen) atoms. The summed E-state index contributed by atoms with van der Waals surface area (Å²) in [7, 11) is 0. The van der Waals surface area contributed by atoms with E-state index in [4.69, 9.17) is 10.5 Å². The third-order valence-electron chi connectivity index (χ3n) is 2.77. The fraction of sp³-hybridized carbons (Fsp3) is 1.00. The van der Waals surface area contributed by atoms with E-state index in [-0.39, 0.29) is 6.04 Å². The Morgan fingerprint density at radius 2 is 2.31 bits per heavy atom. The largest absolute Gasteiger partial charge is 0.386 e. The summed E-state index contributed by atoms with van der Waals surface area (Å²) in [6.45, 7) is 3.18. The minimum atomic E-state index is -0.757. The van der Waals surface area contributed by atoms with E-state index >= 15 is 0 Å². The molecular weight excluding hydrogens is 166 g/mol. The average molecular weight is 187 g/mol. The van der Waals surface area contributed by atoms with Crippen molar-refractivity contribution in [2.24, 2.45) is 5.73 Å². The van der Waals surface area contributed by atoms with Crippen LogP contribution in [0.1, 0.15) is 39.0 Å². The molecule has 0 heterocycles. The zero-order valence-corrected chi connectivity index (χ0v) is 8.46. The molecule has 0 aliphatic heterocycles. The zero-order chi connectivity index (χ0) is 9.73. The summed E-state index contributed by atoms with van der Waals surface area (Å²) >= 11 is 0. The second kappa shape index (κ2) is 4.94. The second-order valence-electron chi connectivity index (χ2n) is 4.01. The van der Waals surface area contributed by atoms with Crippen LogP contribution in [0.15, 0.2) is 0 Å². The number of aliphatic hydroxyl groups is 1. The number of rotatable bonds is 4. The normalized spacial score (nSPS) is 34.8. The molecule has 0 spiro atoms. The van der Waals surface area contributed by atoms with Crippen molar-refractivity contribution in [1.82, 2.24) is 0 Å². The minimum absolute atomic E-state index is 0.0990. The quantitative estimate of drug-likeness (QED) is 0.647.